The van der Waals surface area contributed by atoms with Gasteiger partial charge in [-0.3, -0.25) is 4.55 Å². The van der Waals surface area contributed by atoms with E-state index in [2.05, 4.69) is 38.2 Å². The minimum atomic E-state index is -4.56. The summed E-state index contributed by atoms with van der Waals surface area (Å²) in [5.74, 6) is -1.54. The van der Waals surface area contributed by atoms with E-state index in [1.807, 2.05) is 0 Å². The van der Waals surface area contributed by atoms with Gasteiger partial charge in [-0.25, -0.2) is 9.59 Å². The first kappa shape index (κ1) is 37.6. The van der Waals surface area contributed by atoms with E-state index in [4.69, 9.17) is 9.47 Å². The number of allylic oxidation sites excluding steroid dienone is 4. The summed E-state index contributed by atoms with van der Waals surface area (Å²) in [7, 11) is -4.56. The summed E-state index contributed by atoms with van der Waals surface area (Å²) in [5.41, 5.74) is -0.312. The molecular formula is C34H54O7S. The van der Waals surface area contributed by atoms with Gasteiger partial charge in [-0.2, -0.15) is 8.42 Å². The number of ether oxygens (including phenoxy) is 2. The molecule has 0 atom stereocenters. The maximum Gasteiger partial charge on any atom is 0.339 e. The van der Waals surface area contributed by atoms with Gasteiger partial charge < -0.3 is 9.47 Å². The predicted molar refractivity (Wildman–Crippen MR) is 170 cm³/mol. The number of unbranched alkanes of at least 4 members (excludes halogenated alkanes) is 14. The van der Waals surface area contributed by atoms with Gasteiger partial charge in [0, 0.05) is 0 Å². The van der Waals surface area contributed by atoms with E-state index in [1.165, 1.54) is 57.4 Å². The number of hydrogen-bond donors (Lipinski definition) is 1. The summed E-state index contributed by atoms with van der Waals surface area (Å²) in [6, 6.07) is 3.23. The smallest absolute Gasteiger partial charge is 0.339 e. The Bertz CT molecular complexity index is 1040. The lowest BCUT2D eigenvalue weighted by atomic mass is 10.1. The summed E-state index contributed by atoms with van der Waals surface area (Å²) < 4.78 is 43.4. The minimum Gasteiger partial charge on any atom is -0.462 e. The molecule has 42 heavy (non-hydrogen) atoms. The highest BCUT2D eigenvalue weighted by Crippen LogP contribution is 2.19. The number of carbonyl (C=O) groups is 2. The Morgan fingerprint density at radius 1 is 0.619 bits per heavy atom. The Morgan fingerprint density at radius 2 is 1.02 bits per heavy atom. The maximum atomic E-state index is 12.8. The topological polar surface area (TPSA) is 107 Å². The second-order valence-electron chi connectivity index (χ2n) is 10.8. The molecule has 0 aromatic heterocycles. The Morgan fingerprint density at radius 3 is 1.43 bits per heavy atom. The van der Waals surface area contributed by atoms with Crippen LogP contribution < -0.4 is 0 Å². The third-order valence-corrected chi connectivity index (χ3v) is 7.86. The molecule has 7 nitrogen and oxygen atoms in total. The average Bonchev–Trinajstić information content (AvgIpc) is 2.97. The molecule has 0 heterocycles. The molecule has 1 aromatic rings. The molecule has 0 radical (unpaired) electrons. The normalized spacial score (nSPS) is 11.9. The Labute approximate surface area is 254 Å². The van der Waals surface area contributed by atoms with E-state index in [1.54, 1.807) is 0 Å². The van der Waals surface area contributed by atoms with Crippen LogP contribution >= 0.6 is 0 Å². The monoisotopic (exact) mass is 606 g/mol. The zero-order chi connectivity index (χ0) is 30.9. The van der Waals surface area contributed by atoms with Crippen LogP contribution in [0.2, 0.25) is 0 Å². The van der Waals surface area contributed by atoms with Gasteiger partial charge in [0.2, 0.25) is 0 Å². The summed E-state index contributed by atoms with van der Waals surface area (Å²) >= 11 is 0. The first-order valence-electron chi connectivity index (χ1n) is 16.1. The van der Waals surface area contributed by atoms with Crippen LogP contribution in [0.25, 0.3) is 0 Å². The van der Waals surface area contributed by atoms with Gasteiger partial charge in [0.25, 0.3) is 10.1 Å². The van der Waals surface area contributed by atoms with Gasteiger partial charge in [-0.1, -0.05) is 76.7 Å². The lowest BCUT2D eigenvalue weighted by Crippen LogP contribution is -2.16. The molecule has 0 aliphatic heterocycles. The average molecular weight is 607 g/mol. The standard InChI is InChI=1S/C34H54O7S/c1-3-5-7-9-11-13-15-17-19-21-23-27-40-33(35)31-26-25-30(42(37,38)39)29-32(31)34(36)41-28-24-22-20-18-16-14-12-10-8-6-4-2/h13-16,25-26,29H,3-12,17-24,27-28H2,1-2H3,(H,37,38,39)/b15-13+,16-14+. The number of carbonyl (C=O) groups excluding carboxylic acids is 2. The zero-order valence-corrected chi connectivity index (χ0v) is 26.8. The number of rotatable bonds is 25. The van der Waals surface area contributed by atoms with Crippen molar-refractivity contribution < 1.29 is 32.0 Å². The number of esters is 2. The molecule has 0 aliphatic carbocycles. The molecule has 0 spiro atoms. The third kappa shape index (κ3) is 18.2. The third-order valence-electron chi connectivity index (χ3n) is 7.01. The van der Waals surface area contributed by atoms with Crippen LogP contribution in [0, 0.1) is 0 Å². The Kier molecular flexibility index (Phi) is 21.5. The van der Waals surface area contributed by atoms with Crippen molar-refractivity contribution in [2.45, 2.75) is 134 Å². The van der Waals surface area contributed by atoms with Gasteiger partial charge in [0.05, 0.1) is 29.2 Å². The van der Waals surface area contributed by atoms with Crippen LogP contribution in [0.1, 0.15) is 150 Å². The summed E-state index contributed by atoms with van der Waals surface area (Å²) in [6.45, 7) is 4.76. The lowest BCUT2D eigenvalue weighted by Gasteiger charge is -2.11. The second-order valence-corrected chi connectivity index (χ2v) is 12.2. The molecule has 1 N–H and O–H groups in total. The van der Waals surface area contributed by atoms with Crippen LogP contribution in [-0.4, -0.2) is 38.1 Å². The fourth-order valence-electron chi connectivity index (χ4n) is 4.45. The van der Waals surface area contributed by atoms with Crippen molar-refractivity contribution in [3.63, 3.8) is 0 Å². The summed E-state index contributed by atoms with van der Waals surface area (Å²) in [4.78, 5) is 25.0. The predicted octanol–water partition coefficient (Wildman–Crippen LogP) is 9.42. The molecule has 1 aromatic carbocycles. The molecule has 0 amide bonds. The Hall–Kier alpha value is -2.45. The molecule has 0 aliphatic rings. The van der Waals surface area contributed by atoms with E-state index >= 15 is 0 Å². The quantitative estimate of drug-likeness (QED) is 0.0511. The van der Waals surface area contributed by atoms with Gasteiger partial charge in [-0.05, 0) is 95.2 Å². The highest BCUT2D eigenvalue weighted by molar-refractivity contribution is 7.85. The van der Waals surface area contributed by atoms with Crippen molar-refractivity contribution in [3.05, 3.63) is 53.6 Å². The second kappa shape index (κ2) is 24.0. The van der Waals surface area contributed by atoms with Gasteiger partial charge in [0.1, 0.15) is 0 Å². The minimum absolute atomic E-state index is 0.0810. The molecule has 0 saturated carbocycles. The van der Waals surface area contributed by atoms with E-state index < -0.39 is 27.0 Å². The van der Waals surface area contributed by atoms with Crippen LogP contribution in [0.4, 0.5) is 0 Å². The van der Waals surface area contributed by atoms with Crippen LogP contribution in [-0.2, 0) is 19.6 Å². The van der Waals surface area contributed by atoms with Crippen molar-refractivity contribution in [2.24, 2.45) is 0 Å². The number of benzene rings is 1. The fourth-order valence-corrected chi connectivity index (χ4v) is 4.95. The molecule has 8 heteroatoms. The fraction of sp³-hybridized carbons (Fsp3) is 0.647. The number of hydrogen-bond acceptors (Lipinski definition) is 6. The highest BCUT2D eigenvalue weighted by atomic mass is 32.2. The van der Waals surface area contributed by atoms with Gasteiger partial charge >= 0.3 is 11.9 Å². The zero-order valence-electron chi connectivity index (χ0n) is 26.0. The Balaban J connectivity index is 2.46. The van der Waals surface area contributed by atoms with Crippen LogP contribution in [0.3, 0.4) is 0 Å². The first-order chi connectivity index (χ1) is 20.3. The molecule has 1 rings (SSSR count). The van der Waals surface area contributed by atoms with Gasteiger partial charge in [0.15, 0.2) is 0 Å². The molecule has 0 fully saturated rings. The van der Waals surface area contributed by atoms with E-state index in [0.717, 1.165) is 63.5 Å². The molecule has 238 valence electrons. The SMILES string of the molecule is CCCCCC/C=C/CCCCCOC(=O)c1ccc(S(=O)(=O)O)cc1C(=O)OCCCCC/C=C/CCCCCC. The summed E-state index contributed by atoms with van der Waals surface area (Å²) in [5, 5.41) is 0. The first-order valence-corrected chi connectivity index (χ1v) is 17.5. The van der Waals surface area contributed by atoms with Crippen molar-refractivity contribution >= 4 is 22.1 Å². The van der Waals surface area contributed by atoms with Crippen molar-refractivity contribution in [1.29, 1.82) is 0 Å². The van der Waals surface area contributed by atoms with Gasteiger partial charge in [-0.15, -0.1) is 0 Å². The van der Waals surface area contributed by atoms with Crippen molar-refractivity contribution in [3.8, 4) is 0 Å². The molecule has 0 unspecified atom stereocenters. The van der Waals surface area contributed by atoms with E-state index in [9.17, 15) is 22.6 Å². The van der Waals surface area contributed by atoms with Crippen LogP contribution in [0.15, 0.2) is 47.4 Å². The maximum absolute atomic E-state index is 12.8. The highest BCUT2D eigenvalue weighted by Gasteiger charge is 2.23. The molecular weight excluding hydrogens is 552 g/mol. The van der Waals surface area contributed by atoms with E-state index in [-0.39, 0.29) is 24.3 Å². The lowest BCUT2D eigenvalue weighted by molar-refractivity contribution is 0.0450. The van der Waals surface area contributed by atoms with Crippen molar-refractivity contribution in [1.82, 2.24) is 0 Å². The van der Waals surface area contributed by atoms with E-state index in [0.29, 0.717) is 12.8 Å². The van der Waals surface area contributed by atoms with Crippen LogP contribution in [0.5, 0.6) is 0 Å². The largest absolute Gasteiger partial charge is 0.462 e. The molecule has 0 saturated heterocycles. The molecule has 0 bridgehead atoms. The summed E-state index contributed by atoms with van der Waals surface area (Å²) in [6.07, 6.45) is 28.2. The van der Waals surface area contributed by atoms with Crippen molar-refractivity contribution in [2.75, 3.05) is 13.2 Å².